The Morgan fingerprint density at radius 2 is 1.63 bits per heavy atom. The second kappa shape index (κ2) is 7.17. The van der Waals surface area contributed by atoms with Crippen molar-refractivity contribution in [2.75, 3.05) is 31.1 Å². The summed E-state index contributed by atoms with van der Waals surface area (Å²) in [5.74, 6) is 1.73. The lowest BCUT2D eigenvalue weighted by Gasteiger charge is -2.22. The van der Waals surface area contributed by atoms with Crippen LogP contribution < -0.4 is 4.90 Å². The van der Waals surface area contributed by atoms with Gasteiger partial charge in [0, 0.05) is 31.7 Å². The highest BCUT2D eigenvalue weighted by atomic mass is 32.2. The molecular weight excluding hydrogens is 402 g/mol. The van der Waals surface area contributed by atoms with Crippen LogP contribution in [0.15, 0.2) is 51.9 Å². The van der Waals surface area contributed by atoms with Crippen molar-refractivity contribution in [1.29, 1.82) is 0 Å². The van der Waals surface area contributed by atoms with E-state index in [1.165, 1.54) is 0 Å². The van der Waals surface area contributed by atoms with Gasteiger partial charge in [-0.05, 0) is 37.8 Å². The molecule has 30 heavy (non-hydrogen) atoms. The number of anilines is 1. The second-order valence-corrected chi connectivity index (χ2v) is 9.92. The van der Waals surface area contributed by atoms with Gasteiger partial charge in [0.25, 0.3) is 0 Å². The molecule has 1 aromatic carbocycles. The average Bonchev–Trinajstić information content (AvgIpc) is 3.42. The number of rotatable bonds is 4. The minimum atomic E-state index is -3.59. The Labute approximate surface area is 175 Å². The lowest BCUT2D eigenvalue weighted by atomic mass is 10.0. The Bertz CT molecular complexity index is 1130. The zero-order valence-corrected chi connectivity index (χ0v) is 17.7. The summed E-state index contributed by atoms with van der Waals surface area (Å²) in [7, 11) is -3.59. The molecule has 5 rings (SSSR count). The van der Waals surface area contributed by atoms with Crippen LogP contribution >= 0.6 is 0 Å². The summed E-state index contributed by atoms with van der Waals surface area (Å²) in [6.45, 7) is 5.87. The third-order valence-corrected chi connectivity index (χ3v) is 8.14. The van der Waals surface area contributed by atoms with E-state index in [1.54, 1.807) is 18.2 Å². The molecular formula is C21H23N5O3S. The molecule has 0 N–H and O–H groups in total. The van der Waals surface area contributed by atoms with E-state index in [2.05, 4.69) is 20.3 Å². The Balaban J connectivity index is 1.28. The zero-order valence-electron chi connectivity index (χ0n) is 16.9. The molecule has 9 heteroatoms. The van der Waals surface area contributed by atoms with E-state index in [9.17, 15) is 8.42 Å². The van der Waals surface area contributed by atoms with Gasteiger partial charge in [-0.25, -0.2) is 8.42 Å². The van der Waals surface area contributed by atoms with Crippen LogP contribution in [0.3, 0.4) is 0 Å². The maximum absolute atomic E-state index is 13.1. The van der Waals surface area contributed by atoms with Crippen molar-refractivity contribution in [3.63, 3.8) is 0 Å². The molecule has 0 radical (unpaired) electrons. The minimum Gasteiger partial charge on any atom is -0.360 e. The predicted molar refractivity (Wildman–Crippen MR) is 111 cm³/mol. The first-order valence-electron chi connectivity index (χ1n) is 10.0. The summed E-state index contributed by atoms with van der Waals surface area (Å²) in [4.78, 5) is 2.42. The maximum atomic E-state index is 13.1. The Morgan fingerprint density at radius 1 is 0.933 bits per heavy atom. The van der Waals surface area contributed by atoms with Gasteiger partial charge in [-0.2, -0.15) is 4.31 Å². The largest absolute Gasteiger partial charge is 0.360 e. The van der Waals surface area contributed by atoms with Crippen LogP contribution in [0.4, 0.5) is 5.82 Å². The highest BCUT2D eigenvalue weighted by molar-refractivity contribution is 7.89. The molecule has 2 aliphatic rings. The number of hydrogen-bond acceptors (Lipinski definition) is 7. The molecule has 2 fully saturated rings. The van der Waals surface area contributed by atoms with Crippen molar-refractivity contribution in [2.45, 2.75) is 18.7 Å². The predicted octanol–water partition coefficient (Wildman–Crippen LogP) is 2.51. The van der Waals surface area contributed by atoms with Crippen LogP contribution in [0, 0.1) is 25.7 Å². The number of benzene rings is 1. The fourth-order valence-corrected chi connectivity index (χ4v) is 6.41. The Morgan fingerprint density at radius 3 is 2.20 bits per heavy atom. The van der Waals surface area contributed by atoms with E-state index in [0.29, 0.717) is 24.5 Å². The van der Waals surface area contributed by atoms with Gasteiger partial charge in [0.05, 0.1) is 5.69 Å². The van der Waals surface area contributed by atoms with Crippen LogP contribution in [-0.2, 0) is 10.0 Å². The number of nitrogens with zero attached hydrogens (tertiary/aromatic N) is 5. The van der Waals surface area contributed by atoms with Crippen molar-refractivity contribution in [2.24, 2.45) is 11.8 Å². The molecule has 0 spiro atoms. The lowest BCUT2D eigenvalue weighted by molar-refractivity contribution is 0.389. The van der Waals surface area contributed by atoms with Crippen LogP contribution in [-0.4, -0.2) is 54.3 Å². The second-order valence-electron chi connectivity index (χ2n) is 8.04. The van der Waals surface area contributed by atoms with Crippen LogP contribution in [0.5, 0.6) is 0 Å². The SMILES string of the molecule is Cc1noc(C)c1S(=O)(=O)N1CC2CN(c3ccc(-c4ccccc4)nn3)CC2C1. The van der Waals surface area contributed by atoms with E-state index in [1.807, 2.05) is 42.5 Å². The van der Waals surface area contributed by atoms with Gasteiger partial charge in [-0.1, -0.05) is 35.5 Å². The summed E-state index contributed by atoms with van der Waals surface area (Å²) in [5, 5.41) is 12.6. The zero-order chi connectivity index (χ0) is 20.9. The van der Waals surface area contributed by atoms with Gasteiger partial charge in [0.15, 0.2) is 11.6 Å². The number of aromatic nitrogens is 3. The highest BCUT2D eigenvalue weighted by Gasteiger charge is 2.45. The number of sulfonamides is 1. The normalized spacial score (nSPS) is 21.9. The summed E-state index contributed by atoms with van der Waals surface area (Å²) in [6, 6.07) is 13.9. The van der Waals surface area contributed by atoms with E-state index in [4.69, 9.17) is 4.52 Å². The van der Waals surface area contributed by atoms with Crippen LogP contribution in [0.1, 0.15) is 11.5 Å². The molecule has 2 saturated heterocycles. The molecule has 0 saturated carbocycles. The van der Waals surface area contributed by atoms with Crippen molar-refractivity contribution in [3.8, 4) is 11.3 Å². The molecule has 8 nitrogen and oxygen atoms in total. The first-order chi connectivity index (χ1) is 14.4. The molecule has 0 amide bonds. The summed E-state index contributed by atoms with van der Waals surface area (Å²) < 4.78 is 32.8. The minimum absolute atomic E-state index is 0.210. The summed E-state index contributed by atoms with van der Waals surface area (Å²) in [6.07, 6.45) is 0. The molecule has 0 aliphatic carbocycles. The van der Waals surface area contributed by atoms with E-state index in [0.717, 1.165) is 30.2 Å². The van der Waals surface area contributed by atoms with Gasteiger partial charge in [-0.15, -0.1) is 10.2 Å². The van der Waals surface area contributed by atoms with Gasteiger partial charge < -0.3 is 9.42 Å². The third-order valence-electron chi connectivity index (χ3n) is 6.06. The molecule has 2 aromatic heterocycles. The van der Waals surface area contributed by atoms with Crippen LogP contribution in [0.2, 0.25) is 0 Å². The molecule has 4 heterocycles. The highest BCUT2D eigenvalue weighted by Crippen LogP contribution is 2.37. The van der Waals surface area contributed by atoms with Crippen molar-refractivity contribution in [1.82, 2.24) is 19.7 Å². The summed E-state index contributed by atoms with van der Waals surface area (Å²) >= 11 is 0. The summed E-state index contributed by atoms with van der Waals surface area (Å²) in [5.41, 5.74) is 2.30. The maximum Gasteiger partial charge on any atom is 0.248 e. The van der Waals surface area contributed by atoms with Crippen molar-refractivity contribution >= 4 is 15.8 Å². The fraction of sp³-hybridized carbons (Fsp3) is 0.381. The molecule has 0 bridgehead atoms. The van der Waals surface area contributed by atoms with Crippen molar-refractivity contribution in [3.05, 3.63) is 53.9 Å². The van der Waals surface area contributed by atoms with E-state index < -0.39 is 10.0 Å². The van der Waals surface area contributed by atoms with Gasteiger partial charge >= 0.3 is 0 Å². The fourth-order valence-electron chi connectivity index (χ4n) is 4.56. The standard InChI is InChI=1S/C21H23N5O3S/c1-14-21(15(2)29-24-14)30(27,28)26-12-17-10-25(11-18(17)13-26)20-9-8-19(22-23-20)16-6-4-3-5-7-16/h3-9,17-18H,10-13H2,1-2H3. The first kappa shape index (κ1) is 19.2. The molecule has 156 valence electrons. The topological polar surface area (TPSA) is 92.4 Å². The molecule has 3 aromatic rings. The smallest absolute Gasteiger partial charge is 0.248 e. The monoisotopic (exact) mass is 425 g/mol. The molecule has 2 aliphatic heterocycles. The Kier molecular flexibility index (Phi) is 4.59. The van der Waals surface area contributed by atoms with Gasteiger partial charge in [0.1, 0.15) is 10.6 Å². The van der Waals surface area contributed by atoms with Crippen LogP contribution in [0.25, 0.3) is 11.3 Å². The average molecular weight is 426 g/mol. The van der Waals surface area contributed by atoms with E-state index in [-0.39, 0.29) is 16.7 Å². The van der Waals surface area contributed by atoms with Gasteiger partial charge in [-0.3, -0.25) is 0 Å². The lowest BCUT2D eigenvalue weighted by Crippen LogP contribution is -2.34. The molecule has 2 unspecified atom stereocenters. The molecule has 2 atom stereocenters. The third kappa shape index (κ3) is 3.18. The van der Waals surface area contributed by atoms with E-state index >= 15 is 0 Å². The first-order valence-corrected chi connectivity index (χ1v) is 11.4. The number of fused-ring (bicyclic) bond motifs is 1. The number of hydrogen-bond donors (Lipinski definition) is 0. The number of aryl methyl sites for hydroxylation is 2. The van der Waals surface area contributed by atoms with Gasteiger partial charge in [0.2, 0.25) is 10.0 Å². The quantitative estimate of drug-likeness (QED) is 0.634. The van der Waals surface area contributed by atoms with Crippen molar-refractivity contribution < 1.29 is 12.9 Å². The Hall–Kier alpha value is -2.78.